The zero-order valence-electron chi connectivity index (χ0n) is 21.6. The number of anilines is 1. The van der Waals surface area contributed by atoms with Gasteiger partial charge in [-0.25, -0.2) is 24.3 Å². The number of nitroso groups, excluding NO2 is 1. The number of nitrogens with one attached hydrogen (secondary N) is 1. The SMILES string of the molecule is O=Nc1cccc2ccc(OCC3CCc4nc(-c5ccc(F)cc5)c(-c5ccnc(NCC6CC6)n5)n43)nc12. The molecule has 0 saturated heterocycles. The van der Waals surface area contributed by atoms with Gasteiger partial charge in [-0.3, -0.25) is 0 Å². The molecule has 0 bridgehead atoms. The van der Waals surface area contributed by atoms with Gasteiger partial charge in [0.1, 0.15) is 29.5 Å². The number of halogens is 1. The first-order chi connectivity index (χ1) is 19.7. The predicted octanol–water partition coefficient (Wildman–Crippen LogP) is 6.48. The topological polar surface area (TPSA) is 107 Å². The molecule has 7 rings (SSSR count). The molecule has 2 aliphatic rings. The maximum Gasteiger partial charge on any atom is 0.223 e. The third-order valence-electron chi connectivity index (χ3n) is 7.51. The highest BCUT2D eigenvalue weighted by Crippen LogP contribution is 2.40. The number of hydrogen-bond donors (Lipinski definition) is 1. The summed E-state index contributed by atoms with van der Waals surface area (Å²) in [6.07, 6.45) is 5.83. The summed E-state index contributed by atoms with van der Waals surface area (Å²) in [7, 11) is 0. The first kappa shape index (κ1) is 24.3. The molecule has 0 radical (unpaired) electrons. The van der Waals surface area contributed by atoms with Gasteiger partial charge in [-0.15, -0.1) is 4.91 Å². The average molecular weight is 536 g/mol. The highest BCUT2D eigenvalue weighted by molar-refractivity contribution is 5.89. The minimum atomic E-state index is -0.298. The van der Waals surface area contributed by atoms with Crippen molar-refractivity contribution in [2.24, 2.45) is 11.1 Å². The summed E-state index contributed by atoms with van der Waals surface area (Å²) in [4.78, 5) is 30.1. The van der Waals surface area contributed by atoms with Gasteiger partial charge in [0.05, 0.1) is 23.1 Å². The predicted molar refractivity (Wildman–Crippen MR) is 150 cm³/mol. The summed E-state index contributed by atoms with van der Waals surface area (Å²) < 4.78 is 22.1. The number of para-hydroxylation sites is 1. The van der Waals surface area contributed by atoms with Gasteiger partial charge in [-0.05, 0) is 72.8 Å². The molecule has 4 heterocycles. The zero-order chi connectivity index (χ0) is 27.1. The van der Waals surface area contributed by atoms with E-state index in [0.717, 1.165) is 53.2 Å². The largest absolute Gasteiger partial charge is 0.475 e. The molecule has 10 heteroatoms. The van der Waals surface area contributed by atoms with Crippen LogP contribution in [0.1, 0.15) is 31.1 Å². The van der Waals surface area contributed by atoms with E-state index in [-0.39, 0.29) is 17.5 Å². The van der Waals surface area contributed by atoms with Crippen LogP contribution in [0.5, 0.6) is 5.88 Å². The third-order valence-corrected chi connectivity index (χ3v) is 7.51. The Morgan fingerprint density at radius 2 is 1.88 bits per heavy atom. The summed E-state index contributed by atoms with van der Waals surface area (Å²) >= 11 is 0. The smallest absolute Gasteiger partial charge is 0.223 e. The number of rotatable bonds is 9. The molecule has 3 aromatic heterocycles. The van der Waals surface area contributed by atoms with Crippen molar-refractivity contribution in [2.45, 2.75) is 31.7 Å². The van der Waals surface area contributed by atoms with Crippen molar-refractivity contribution in [3.05, 3.63) is 83.4 Å². The van der Waals surface area contributed by atoms with Crippen LogP contribution >= 0.6 is 0 Å². The van der Waals surface area contributed by atoms with E-state index in [4.69, 9.17) is 14.7 Å². The molecule has 0 spiro atoms. The standard InChI is InChI=1S/C30H26FN7O2/c31-21-9-6-20(7-10-21)28-29(24-14-15-32-30(34-24)33-16-18-4-5-18)38-22(11-12-25(38)35-28)17-40-26-13-8-19-2-1-3-23(37-39)27(19)36-26/h1-3,6-10,13-15,18,22H,4-5,11-12,16-17H2,(H,32,33,34). The summed E-state index contributed by atoms with van der Waals surface area (Å²) in [6, 6.07) is 17.2. The van der Waals surface area contributed by atoms with E-state index in [1.165, 1.54) is 25.0 Å². The van der Waals surface area contributed by atoms with Gasteiger partial charge in [0.2, 0.25) is 11.8 Å². The molecular formula is C30H26FN7O2. The van der Waals surface area contributed by atoms with Crippen molar-refractivity contribution >= 4 is 22.5 Å². The molecule has 200 valence electrons. The maximum atomic E-state index is 13.8. The van der Waals surface area contributed by atoms with Crippen molar-refractivity contribution in [1.82, 2.24) is 24.5 Å². The van der Waals surface area contributed by atoms with Crippen LogP contribution in [0.3, 0.4) is 0 Å². The Balaban J connectivity index is 1.23. The van der Waals surface area contributed by atoms with E-state index in [1.807, 2.05) is 18.2 Å². The number of fused-ring (bicyclic) bond motifs is 2. The van der Waals surface area contributed by atoms with Crippen LogP contribution in [0.15, 0.2) is 72.0 Å². The molecule has 5 aromatic rings. The fourth-order valence-electron chi connectivity index (χ4n) is 5.27. The minimum absolute atomic E-state index is 0.0264. The van der Waals surface area contributed by atoms with E-state index < -0.39 is 0 Å². The number of aryl methyl sites for hydroxylation is 1. The third kappa shape index (κ3) is 4.66. The van der Waals surface area contributed by atoms with Crippen molar-refractivity contribution in [3.63, 3.8) is 0 Å². The molecule has 1 unspecified atom stereocenters. The Hall–Kier alpha value is -4.73. The van der Waals surface area contributed by atoms with E-state index in [0.29, 0.717) is 29.9 Å². The van der Waals surface area contributed by atoms with Gasteiger partial charge in [0, 0.05) is 36.2 Å². The lowest BCUT2D eigenvalue weighted by molar-refractivity contribution is 0.248. The molecule has 1 aliphatic carbocycles. The molecule has 1 saturated carbocycles. The van der Waals surface area contributed by atoms with Gasteiger partial charge in [-0.2, -0.15) is 0 Å². The number of hydrogen-bond acceptors (Lipinski definition) is 8. The molecule has 9 nitrogen and oxygen atoms in total. The van der Waals surface area contributed by atoms with Crippen LogP contribution < -0.4 is 10.1 Å². The number of aromatic nitrogens is 5. The highest BCUT2D eigenvalue weighted by atomic mass is 19.1. The number of pyridine rings is 1. The van der Waals surface area contributed by atoms with Crippen LogP contribution in [0, 0.1) is 16.6 Å². The average Bonchev–Trinajstić information content (AvgIpc) is 3.63. The number of ether oxygens (including phenoxy) is 1. The summed E-state index contributed by atoms with van der Waals surface area (Å²) in [5.41, 5.74) is 3.94. The molecule has 1 atom stereocenters. The van der Waals surface area contributed by atoms with Crippen LogP contribution in [0.25, 0.3) is 33.5 Å². The Morgan fingerprint density at radius 1 is 1.00 bits per heavy atom. The van der Waals surface area contributed by atoms with Crippen molar-refractivity contribution < 1.29 is 9.13 Å². The van der Waals surface area contributed by atoms with Crippen molar-refractivity contribution in [3.8, 4) is 28.5 Å². The Labute approximate surface area is 229 Å². The Kier molecular flexibility index (Phi) is 6.14. The van der Waals surface area contributed by atoms with Crippen molar-refractivity contribution in [2.75, 3.05) is 18.5 Å². The van der Waals surface area contributed by atoms with E-state index >= 15 is 0 Å². The van der Waals surface area contributed by atoms with Crippen LogP contribution in [-0.2, 0) is 6.42 Å². The second kappa shape index (κ2) is 10.1. The molecular weight excluding hydrogens is 509 g/mol. The van der Waals surface area contributed by atoms with Crippen LogP contribution in [0.2, 0.25) is 0 Å². The van der Waals surface area contributed by atoms with Gasteiger partial charge < -0.3 is 14.6 Å². The molecule has 1 aliphatic heterocycles. The van der Waals surface area contributed by atoms with E-state index in [2.05, 4.69) is 25.0 Å². The van der Waals surface area contributed by atoms with Crippen LogP contribution in [0.4, 0.5) is 16.0 Å². The molecule has 40 heavy (non-hydrogen) atoms. The Bertz CT molecular complexity index is 1720. The molecule has 1 N–H and O–H groups in total. The van der Waals surface area contributed by atoms with Crippen LogP contribution in [-0.4, -0.2) is 37.7 Å². The van der Waals surface area contributed by atoms with Gasteiger partial charge >= 0.3 is 0 Å². The number of nitrogens with zero attached hydrogens (tertiary/aromatic N) is 6. The second-order valence-electron chi connectivity index (χ2n) is 10.3. The first-order valence-corrected chi connectivity index (χ1v) is 13.5. The fraction of sp³-hybridized carbons (Fsp3) is 0.267. The van der Waals surface area contributed by atoms with Gasteiger partial charge in [0.25, 0.3) is 0 Å². The van der Waals surface area contributed by atoms with Gasteiger partial charge in [0.15, 0.2) is 0 Å². The normalized spacial score (nSPS) is 16.2. The molecule has 2 aromatic carbocycles. The number of benzene rings is 2. The molecule has 1 fully saturated rings. The lowest BCUT2D eigenvalue weighted by atomic mass is 10.1. The summed E-state index contributed by atoms with van der Waals surface area (Å²) in [5, 5.41) is 7.28. The second-order valence-corrected chi connectivity index (χ2v) is 10.3. The zero-order valence-corrected chi connectivity index (χ0v) is 21.6. The molecule has 0 amide bonds. The summed E-state index contributed by atoms with van der Waals surface area (Å²) in [5.74, 6) is 2.31. The Morgan fingerprint density at radius 3 is 2.70 bits per heavy atom. The monoisotopic (exact) mass is 535 g/mol. The quantitative estimate of drug-likeness (QED) is 0.215. The highest BCUT2D eigenvalue weighted by Gasteiger charge is 2.31. The summed E-state index contributed by atoms with van der Waals surface area (Å²) in [6.45, 7) is 1.21. The van der Waals surface area contributed by atoms with Gasteiger partial charge in [-0.1, -0.05) is 12.1 Å². The lowest BCUT2D eigenvalue weighted by Crippen LogP contribution is -2.16. The number of imidazole rings is 1. The maximum absolute atomic E-state index is 13.8. The fourth-order valence-corrected chi connectivity index (χ4v) is 5.27. The minimum Gasteiger partial charge on any atom is -0.475 e. The van der Waals surface area contributed by atoms with Crippen molar-refractivity contribution in [1.29, 1.82) is 0 Å². The van der Waals surface area contributed by atoms with E-state index in [1.54, 1.807) is 36.5 Å². The lowest BCUT2D eigenvalue weighted by Gasteiger charge is -2.18. The first-order valence-electron chi connectivity index (χ1n) is 13.5. The van der Waals surface area contributed by atoms with E-state index in [9.17, 15) is 9.30 Å².